The van der Waals surface area contributed by atoms with Crippen molar-refractivity contribution >= 4 is 51.5 Å². The molecule has 3 aromatic carbocycles. The molecule has 0 radical (unpaired) electrons. The molecule has 1 heterocycles. The van der Waals surface area contributed by atoms with E-state index in [2.05, 4.69) is 16.0 Å². The lowest BCUT2D eigenvalue weighted by molar-refractivity contribution is -0.121. The van der Waals surface area contributed by atoms with Crippen molar-refractivity contribution in [3.8, 4) is 5.75 Å². The Kier molecular flexibility index (Phi) is 6.89. The minimum absolute atomic E-state index is 0.149. The molecule has 1 aromatic heterocycles. The highest BCUT2D eigenvalue weighted by Crippen LogP contribution is 2.23. The fourth-order valence-corrected chi connectivity index (χ4v) is 3.50. The smallest absolute Gasteiger partial charge is 0.291 e. The molecule has 8 heteroatoms. The SMILES string of the molecule is Cc1ccc(OCC(=O)NC(=S)Nc2ccc(NC(=O)c3cc4ccccc4o3)c(C)c2)cc1. The molecule has 0 fully saturated rings. The number of ether oxygens (including phenoxy) is 1. The van der Waals surface area contributed by atoms with Crippen molar-refractivity contribution < 1.29 is 18.7 Å². The van der Waals surface area contributed by atoms with Gasteiger partial charge in [0.1, 0.15) is 11.3 Å². The van der Waals surface area contributed by atoms with Crippen LogP contribution in [0.3, 0.4) is 0 Å². The molecular formula is C26H23N3O4S. The van der Waals surface area contributed by atoms with Gasteiger partial charge in [-0.3, -0.25) is 14.9 Å². The van der Waals surface area contributed by atoms with Crippen molar-refractivity contribution in [2.24, 2.45) is 0 Å². The van der Waals surface area contributed by atoms with Crippen LogP contribution in [0.25, 0.3) is 11.0 Å². The highest BCUT2D eigenvalue weighted by molar-refractivity contribution is 7.80. The van der Waals surface area contributed by atoms with Crippen molar-refractivity contribution in [1.82, 2.24) is 5.32 Å². The molecule has 0 unspecified atom stereocenters. The Morgan fingerprint density at radius 1 is 0.941 bits per heavy atom. The van der Waals surface area contributed by atoms with Gasteiger partial charge in [-0.15, -0.1) is 0 Å². The molecule has 0 bridgehead atoms. The Morgan fingerprint density at radius 3 is 2.44 bits per heavy atom. The van der Waals surface area contributed by atoms with Gasteiger partial charge < -0.3 is 19.8 Å². The zero-order valence-corrected chi connectivity index (χ0v) is 19.5. The molecule has 34 heavy (non-hydrogen) atoms. The number of para-hydroxylation sites is 1. The van der Waals surface area contributed by atoms with E-state index in [4.69, 9.17) is 21.4 Å². The molecular weight excluding hydrogens is 450 g/mol. The molecule has 0 aliphatic heterocycles. The first-order chi connectivity index (χ1) is 16.4. The van der Waals surface area contributed by atoms with Gasteiger partial charge >= 0.3 is 0 Å². The Balaban J connectivity index is 1.30. The number of hydrogen-bond donors (Lipinski definition) is 3. The van der Waals surface area contributed by atoms with Crippen molar-refractivity contribution in [1.29, 1.82) is 0 Å². The van der Waals surface area contributed by atoms with E-state index in [-0.39, 0.29) is 29.3 Å². The summed E-state index contributed by atoms with van der Waals surface area (Å²) in [6, 6.07) is 21.9. The Hall–Kier alpha value is -4.17. The molecule has 0 spiro atoms. The number of nitrogens with one attached hydrogen (secondary N) is 3. The van der Waals surface area contributed by atoms with Crippen LogP contribution in [-0.4, -0.2) is 23.5 Å². The standard InChI is InChI=1S/C26H23N3O4S/c1-16-7-10-20(11-8-16)32-15-24(30)29-26(34)27-19-9-12-21(17(2)13-19)28-25(31)23-14-18-5-3-4-6-22(18)33-23/h3-14H,15H2,1-2H3,(H,28,31)(H2,27,29,30,34). The van der Waals surface area contributed by atoms with Gasteiger partial charge in [0.25, 0.3) is 11.8 Å². The number of hydrogen-bond acceptors (Lipinski definition) is 5. The van der Waals surface area contributed by atoms with Gasteiger partial charge in [-0.05, 0) is 74.1 Å². The molecule has 0 atom stereocenters. The second-order valence-corrected chi connectivity index (χ2v) is 8.14. The zero-order valence-electron chi connectivity index (χ0n) is 18.7. The summed E-state index contributed by atoms with van der Waals surface area (Å²) in [7, 11) is 0. The predicted molar refractivity (Wildman–Crippen MR) is 136 cm³/mol. The number of carbonyl (C=O) groups is 2. The Morgan fingerprint density at radius 2 is 1.71 bits per heavy atom. The van der Waals surface area contributed by atoms with Gasteiger partial charge in [-0.25, -0.2) is 0 Å². The molecule has 0 aliphatic rings. The van der Waals surface area contributed by atoms with Crippen LogP contribution in [0.4, 0.5) is 11.4 Å². The number of anilines is 2. The lowest BCUT2D eigenvalue weighted by Crippen LogP contribution is -2.37. The maximum absolute atomic E-state index is 12.6. The van der Waals surface area contributed by atoms with Crippen molar-refractivity contribution in [3.63, 3.8) is 0 Å². The maximum atomic E-state index is 12.6. The second kappa shape index (κ2) is 10.2. The van der Waals surface area contributed by atoms with Gasteiger partial charge in [0, 0.05) is 16.8 Å². The average Bonchev–Trinajstić information content (AvgIpc) is 3.25. The third-order valence-electron chi connectivity index (χ3n) is 5.03. The molecule has 0 saturated carbocycles. The van der Waals surface area contributed by atoms with Crippen LogP contribution >= 0.6 is 12.2 Å². The Bertz CT molecular complexity index is 1330. The highest BCUT2D eigenvalue weighted by Gasteiger charge is 2.14. The third kappa shape index (κ3) is 5.79. The minimum Gasteiger partial charge on any atom is -0.484 e. The number of furan rings is 1. The first kappa shape index (κ1) is 23.0. The van der Waals surface area contributed by atoms with E-state index in [1.165, 1.54) is 0 Å². The molecule has 4 rings (SSSR count). The van der Waals surface area contributed by atoms with E-state index in [0.29, 0.717) is 22.7 Å². The Labute approximate surface area is 202 Å². The highest BCUT2D eigenvalue weighted by atomic mass is 32.1. The normalized spacial score (nSPS) is 10.5. The molecule has 172 valence electrons. The van der Waals surface area contributed by atoms with Crippen LogP contribution < -0.4 is 20.7 Å². The maximum Gasteiger partial charge on any atom is 0.291 e. The van der Waals surface area contributed by atoms with Crippen LogP contribution in [0.5, 0.6) is 5.75 Å². The van der Waals surface area contributed by atoms with Crippen molar-refractivity contribution in [2.75, 3.05) is 17.2 Å². The molecule has 0 saturated heterocycles. The molecule has 7 nitrogen and oxygen atoms in total. The van der Waals surface area contributed by atoms with E-state index in [0.717, 1.165) is 16.5 Å². The largest absolute Gasteiger partial charge is 0.484 e. The van der Waals surface area contributed by atoms with Gasteiger partial charge in [0.15, 0.2) is 17.5 Å². The van der Waals surface area contributed by atoms with Gasteiger partial charge in [-0.1, -0.05) is 35.9 Å². The van der Waals surface area contributed by atoms with Gasteiger partial charge in [-0.2, -0.15) is 0 Å². The summed E-state index contributed by atoms with van der Waals surface area (Å²) in [4.78, 5) is 24.7. The van der Waals surface area contributed by atoms with E-state index in [1.807, 2.05) is 56.3 Å². The topological polar surface area (TPSA) is 92.6 Å². The lowest BCUT2D eigenvalue weighted by Gasteiger charge is -2.13. The quantitative estimate of drug-likeness (QED) is 0.334. The molecule has 0 aliphatic carbocycles. The summed E-state index contributed by atoms with van der Waals surface area (Å²) in [5.74, 6) is 0.135. The molecule has 3 N–H and O–H groups in total. The van der Waals surface area contributed by atoms with Crippen LogP contribution in [0.2, 0.25) is 0 Å². The van der Waals surface area contributed by atoms with E-state index >= 15 is 0 Å². The van der Waals surface area contributed by atoms with Crippen molar-refractivity contribution in [3.05, 3.63) is 89.7 Å². The van der Waals surface area contributed by atoms with Crippen LogP contribution in [0, 0.1) is 13.8 Å². The summed E-state index contributed by atoms with van der Waals surface area (Å²) in [5.41, 5.74) is 3.88. The number of fused-ring (bicyclic) bond motifs is 1. The number of benzene rings is 3. The first-order valence-corrected chi connectivity index (χ1v) is 11.0. The van der Waals surface area contributed by atoms with Crippen LogP contribution in [0.1, 0.15) is 21.7 Å². The van der Waals surface area contributed by atoms with Crippen LogP contribution in [-0.2, 0) is 4.79 Å². The third-order valence-corrected chi connectivity index (χ3v) is 5.23. The second-order valence-electron chi connectivity index (χ2n) is 7.74. The minimum atomic E-state index is -0.371. The van der Waals surface area contributed by atoms with E-state index in [9.17, 15) is 9.59 Å². The monoisotopic (exact) mass is 473 g/mol. The van der Waals surface area contributed by atoms with Gasteiger partial charge in [0.2, 0.25) is 0 Å². The summed E-state index contributed by atoms with van der Waals surface area (Å²) in [6.45, 7) is 3.68. The molecule has 4 aromatic rings. The number of aryl methyl sites for hydroxylation is 2. The van der Waals surface area contributed by atoms with Gasteiger partial charge in [0.05, 0.1) is 0 Å². The molecule has 2 amide bonds. The average molecular weight is 474 g/mol. The van der Waals surface area contributed by atoms with Crippen LogP contribution in [0.15, 0.2) is 77.2 Å². The number of rotatable bonds is 6. The lowest BCUT2D eigenvalue weighted by atomic mass is 10.1. The first-order valence-electron chi connectivity index (χ1n) is 10.6. The fraction of sp³-hybridized carbons (Fsp3) is 0.115. The zero-order chi connectivity index (χ0) is 24.1. The fourth-order valence-electron chi connectivity index (χ4n) is 3.27. The van der Waals surface area contributed by atoms with Crippen molar-refractivity contribution in [2.45, 2.75) is 13.8 Å². The number of thiocarbonyl (C=S) groups is 1. The summed E-state index contributed by atoms with van der Waals surface area (Å²) in [6.07, 6.45) is 0. The number of amides is 2. The summed E-state index contributed by atoms with van der Waals surface area (Å²) >= 11 is 5.22. The van der Waals surface area contributed by atoms with E-state index < -0.39 is 0 Å². The van der Waals surface area contributed by atoms with E-state index in [1.54, 1.807) is 30.3 Å². The number of carbonyl (C=O) groups excluding carboxylic acids is 2. The summed E-state index contributed by atoms with van der Waals surface area (Å²) < 4.78 is 11.1. The summed E-state index contributed by atoms with van der Waals surface area (Å²) in [5, 5.41) is 9.42. The predicted octanol–water partition coefficient (Wildman–Crippen LogP) is 5.19.